The Morgan fingerprint density at radius 1 is 1.53 bits per heavy atom. The highest BCUT2D eigenvalue weighted by molar-refractivity contribution is 5.59. The molecule has 1 aromatic carbocycles. The number of hydrogen-bond donors (Lipinski definition) is 2. The van der Waals surface area contributed by atoms with Crippen molar-refractivity contribution in [2.75, 3.05) is 30.8 Å². The summed E-state index contributed by atoms with van der Waals surface area (Å²) in [7, 11) is 0. The average molecular weight is 206 g/mol. The number of nitrogens with one attached hydrogen (secondary N) is 1. The van der Waals surface area contributed by atoms with Crippen LogP contribution in [0.2, 0.25) is 0 Å². The van der Waals surface area contributed by atoms with Crippen molar-refractivity contribution in [2.24, 2.45) is 5.92 Å². The normalized spacial score (nSPS) is 20.5. The van der Waals surface area contributed by atoms with Gasteiger partial charge in [-0.1, -0.05) is 6.07 Å². The predicted molar refractivity (Wildman–Crippen MR) is 63.0 cm³/mol. The van der Waals surface area contributed by atoms with Crippen LogP contribution in [0.4, 0.5) is 11.4 Å². The van der Waals surface area contributed by atoms with Gasteiger partial charge >= 0.3 is 0 Å². The van der Waals surface area contributed by atoms with Gasteiger partial charge in [0.15, 0.2) is 0 Å². The van der Waals surface area contributed by atoms with Crippen molar-refractivity contribution in [3.63, 3.8) is 0 Å². The van der Waals surface area contributed by atoms with E-state index in [-0.39, 0.29) is 0 Å². The zero-order chi connectivity index (χ0) is 10.7. The van der Waals surface area contributed by atoms with E-state index in [1.807, 2.05) is 18.2 Å². The molecule has 1 aliphatic rings. The molecule has 0 spiro atoms. The van der Waals surface area contributed by atoms with E-state index in [1.54, 1.807) is 0 Å². The van der Waals surface area contributed by atoms with Crippen LogP contribution < -0.4 is 11.1 Å². The molecule has 1 saturated heterocycles. The van der Waals surface area contributed by atoms with E-state index in [2.05, 4.69) is 12.2 Å². The summed E-state index contributed by atoms with van der Waals surface area (Å²) in [5.74, 6) is 0.644. The van der Waals surface area contributed by atoms with Gasteiger partial charge in [-0.3, -0.25) is 0 Å². The Hall–Kier alpha value is -1.22. The Bertz CT molecular complexity index is 332. The number of hydrogen-bond acceptors (Lipinski definition) is 3. The van der Waals surface area contributed by atoms with Gasteiger partial charge in [0.25, 0.3) is 0 Å². The average Bonchev–Trinajstić information content (AvgIpc) is 2.72. The second-order valence-corrected chi connectivity index (χ2v) is 4.18. The maximum Gasteiger partial charge on any atom is 0.0511 e. The molecule has 3 N–H and O–H groups in total. The van der Waals surface area contributed by atoms with E-state index < -0.39 is 0 Å². The molecule has 1 unspecified atom stereocenters. The highest BCUT2D eigenvalue weighted by atomic mass is 16.5. The Labute approximate surface area is 90.6 Å². The SMILES string of the molecule is Cc1ccc(N)cc1NCC1CCOC1. The molecule has 0 amide bonds. The molecule has 82 valence electrons. The first-order valence-corrected chi connectivity index (χ1v) is 5.43. The maximum atomic E-state index is 5.75. The number of ether oxygens (including phenoxy) is 1. The van der Waals surface area contributed by atoms with Gasteiger partial charge in [-0.05, 0) is 31.0 Å². The van der Waals surface area contributed by atoms with Crippen LogP contribution in [0.3, 0.4) is 0 Å². The second kappa shape index (κ2) is 4.53. The van der Waals surface area contributed by atoms with Crippen LogP contribution in [0.25, 0.3) is 0 Å². The van der Waals surface area contributed by atoms with Crippen LogP contribution in [0, 0.1) is 12.8 Å². The van der Waals surface area contributed by atoms with Crippen molar-refractivity contribution in [1.29, 1.82) is 0 Å². The summed E-state index contributed by atoms with van der Waals surface area (Å²) in [6, 6.07) is 5.97. The Kier molecular flexibility index (Phi) is 3.11. The largest absolute Gasteiger partial charge is 0.399 e. The van der Waals surface area contributed by atoms with Gasteiger partial charge in [0.1, 0.15) is 0 Å². The van der Waals surface area contributed by atoms with E-state index in [1.165, 1.54) is 5.56 Å². The van der Waals surface area contributed by atoms with E-state index in [0.29, 0.717) is 5.92 Å². The van der Waals surface area contributed by atoms with E-state index in [0.717, 1.165) is 37.6 Å². The first-order chi connectivity index (χ1) is 7.25. The molecular weight excluding hydrogens is 188 g/mol. The summed E-state index contributed by atoms with van der Waals surface area (Å²) in [4.78, 5) is 0. The van der Waals surface area contributed by atoms with Crippen LogP contribution in [0.5, 0.6) is 0 Å². The van der Waals surface area contributed by atoms with Gasteiger partial charge in [0.2, 0.25) is 0 Å². The molecule has 3 heteroatoms. The van der Waals surface area contributed by atoms with Crippen LogP contribution >= 0.6 is 0 Å². The highest BCUT2D eigenvalue weighted by Crippen LogP contribution is 2.20. The molecule has 15 heavy (non-hydrogen) atoms. The van der Waals surface area contributed by atoms with Gasteiger partial charge < -0.3 is 15.8 Å². The summed E-state index contributed by atoms with van der Waals surface area (Å²) in [6.07, 6.45) is 1.16. The molecule has 1 aromatic rings. The highest BCUT2D eigenvalue weighted by Gasteiger charge is 2.15. The molecule has 1 heterocycles. The minimum atomic E-state index is 0.644. The second-order valence-electron chi connectivity index (χ2n) is 4.18. The van der Waals surface area contributed by atoms with Crippen molar-refractivity contribution in [1.82, 2.24) is 0 Å². The molecular formula is C12H18N2O. The van der Waals surface area contributed by atoms with Crippen LogP contribution in [-0.2, 0) is 4.74 Å². The number of anilines is 2. The Morgan fingerprint density at radius 3 is 3.13 bits per heavy atom. The number of benzene rings is 1. The van der Waals surface area contributed by atoms with E-state index in [9.17, 15) is 0 Å². The zero-order valence-corrected chi connectivity index (χ0v) is 9.12. The van der Waals surface area contributed by atoms with Crippen LogP contribution in [0.1, 0.15) is 12.0 Å². The molecule has 2 rings (SSSR count). The quantitative estimate of drug-likeness (QED) is 0.744. The lowest BCUT2D eigenvalue weighted by Gasteiger charge is -2.13. The number of aryl methyl sites for hydroxylation is 1. The van der Waals surface area contributed by atoms with Crippen LogP contribution in [0.15, 0.2) is 18.2 Å². The minimum absolute atomic E-state index is 0.644. The van der Waals surface area contributed by atoms with Crippen molar-refractivity contribution in [3.05, 3.63) is 23.8 Å². The first kappa shape index (κ1) is 10.3. The Balaban J connectivity index is 1.94. The van der Waals surface area contributed by atoms with E-state index in [4.69, 9.17) is 10.5 Å². The molecule has 0 aromatic heterocycles. The summed E-state index contributed by atoms with van der Waals surface area (Å²) < 4.78 is 5.33. The monoisotopic (exact) mass is 206 g/mol. The lowest BCUT2D eigenvalue weighted by molar-refractivity contribution is 0.187. The molecule has 0 saturated carbocycles. The van der Waals surface area contributed by atoms with Gasteiger partial charge in [-0.15, -0.1) is 0 Å². The van der Waals surface area contributed by atoms with Gasteiger partial charge in [-0.25, -0.2) is 0 Å². The van der Waals surface area contributed by atoms with Crippen molar-refractivity contribution < 1.29 is 4.74 Å². The van der Waals surface area contributed by atoms with Gasteiger partial charge in [-0.2, -0.15) is 0 Å². The molecule has 1 fully saturated rings. The Morgan fingerprint density at radius 2 is 2.40 bits per heavy atom. The van der Waals surface area contributed by atoms with Crippen LogP contribution in [-0.4, -0.2) is 19.8 Å². The number of nitrogen functional groups attached to an aromatic ring is 1. The molecule has 0 bridgehead atoms. The van der Waals surface area contributed by atoms with Crippen molar-refractivity contribution in [3.8, 4) is 0 Å². The first-order valence-electron chi connectivity index (χ1n) is 5.43. The predicted octanol–water partition coefficient (Wildman–Crippen LogP) is 2.03. The topological polar surface area (TPSA) is 47.3 Å². The molecule has 3 nitrogen and oxygen atoms in total. The standard InChI is InChI=1S/C12H18N2O/c1-9-2-3-11(13)6-12(9)14-7-10-4-5-15-8-10/h2-3,6,10,14H,4-5,7-8,13H2,1H3. The lowest BCUT2D eigenvalue weighted by Crippen LogP contribution is -2.14. The third-order valence-electron chi connectivity index (χ3n) is 2.87. The third kappa shape index (κ3) is 2.63. The van der Waals surface area contributed by atoms with Gasteiger partial charge in [0.05, 0.1) is 6.61 Å². The summed E-state index contributed by atoms with van der Waals surface area (Å²) >= 11 is 0. The zero-order valence-electron chi connectivity index (χ0n) is 9.12. The fourth-order valence-corrected chi connectivity index (χ4v) is 1.83. The van der Waals surface area contributed by atoms with Crippen molar-refractivity contribution in [2.45, 2.75) is 13.3 Å². The fourth-order valence-electron chi connectivity index (χ4n) is 1.83. The van der Waals surface area contributed by atoms with E-state index >= 15 is 0 Å². The summed E-state index contributed by atoms with van der Waals surface area (Å²) in [5.41, 5.74) is 8.94. The lowest BCUT2D eigenvalue weighted by atomic mass is 10.1. The smallest absolute Gasteiger partial charge is 0.0511 e. The van der Waals surface area contributed by atoms with Gasteiger partial charge in [0, 0.05) is 30.4 Å². The summed E-state index contributed by atoms with van der Waals surface area (Å²) in [6.45, 7) is 4.85. The molecule has 0 aliphatic carbocycles. The van der Waals surface area contributed by atoms with Crippen molar-refractivity contribution >= 4 is 11.4 Å². The fraction of sp³-hybridized carbons (Fsp3) is 0.500. The molecule has 1 atom stereocenters. The maximum absolute atomic E-state index is 5.75. The number of rotatable bonds is 3. The summed E-state index contributed by atoms with van der Waals surface area (Å²) in [5, 5.41) is 3.44. The minimum Gasteiger partial charge on any atom is -0.399 e. The molecule has 0 radical (unpaired) electrons. The third-order valence-corrected chi connectivity index (χ3v) is 2.87. The molecule has 1 aliphatic heterocycles. The number of nitrogens with two attached hydrogens (primary N) is 1.